The van der Waals surface area contributed by atoms with Crippen LogP contribution in [0.2, 0.25) is 0 Å². The Labute approximate surface area is 132 Å². The van der Waals surface area contributed by atoms with Crippen molar-refractivity contribution in [2.24, 2.45) is 20.6 Å². The van der Waals surface area contributed by atoms with Gasteiger partial charge in [-0.05, 0) is 41.3 Å². The van der Waals surface area contributed by atoms with Crippen LogP contribution in [0.1, 0.15) is 0 Å². The zero-order chi connectivity index (χ0) is 15.4. The van der Waals surface area contributed by atoms with Crippen molar-refractivity contribution in [2.45, 2.75) is 0 Å². The fourth-order valence-corrected chi connectivity index (χ4v) is 6.43. The zero-order valence-corrected chi connectivity index (χ0v) is 14.9. The van der Waals surface area contributed by atoms with Gasteiger partial charge in [0, 0.05) is 28.8 Å². The van der Waals surface area contributed by atoms with Gasteiger partial charge in [-0.15, -0.1) is 0 Å². The minimum Gasteiger partial charge on any atom is -0.507 e. The third kappa shape index (κ3) is 4.26. The van der Waals surface area contributed by atoms with Crippen LogP contribution < -0.4 is 30.9 Å². The molecule has 0 atom stereocenters. The Bertz CT molecular complexity index is 560. The van der Waals surface area contributed by atoms with Crippen LogP contribution in [0.4, 0.5) is 5.69 Å². The van der Waals surface area contributed by atoms with Crippen LogP contribution in [0.25, 0.3) is 0 Å². The van der Waals surface area contributed by atoms with Crippen molar-refractivity contribution in [1.29, 1.82) is 0 Å². The van der Waals surface area contributed by atoms with Crippen molar-refractivity contribution in [2.75, 3.05) is 5.09 Å². The van der Waals surface area contributed by atoms with Crippen LogP contribution in [0, 0.1) is 0 Å². The standard InChI is InChI=1S/C6H13N5O3P2S4/c7-17-15(13,18-8)6-3-4(1-2-5(6)12)11-16(14,19-9)20-10/h1-3,12H,7-10H2,(H,11,14). The lowest BCUT2D eigenvalue weighted by molar-refractivity contribution is 0.479. The van der Waals surface area contributed by atoms with Gasteiger partial charge in [0.1, 0.15) is 5.75 Å². The predicted octanol–water partition coefficient (Wildman–Crippen LogP) is 2.16. The molecule has 1 aromatic rings. The van der Waals surface area contributed by atoms with Gasteiger partial charge in [-0.1, -0.05) is 0 Å². The van der Waals surface area contributed by atoms with E-state index in [1.807, 2.05) is 0 Å². The smallest absolute Gasteiger partial charge is 0.306 e. The number of hydrogen-bond donors (Lipinski definition) is 6. The van der Waals surface area contributed by atoms with Crippen LogP contribution in [-0.2, 0) is 9.13 Å². The van der Waals surface area contributed by atoms with Crippen LogP contribution in [0.3, 0.4) is 0 Å². The van der Waals surface area contributed by atoms with E-state index in [0.29, 0.717) is 52.0 Å². The maximum atomic E-state index is 12.4. The molecule has 8 nitrogen and oxygen atoms in total. The Morgan fingerprint density at radius 2 is 1.55 bits per heavy atom. The molecule has 0 saturated heterocycles. The highest BCUT2D eigenvalue weighted by molar-refractivity contribution is 8.91. The molecule has 0 fully saturated rings. The van der Waals surface area contributed by atoms with Gasteiger partial charge in [0.25, 0.3) is 5.55 Å². The number of rotatable bonds is 7. The van der Waals surface area contributed by atoms with Crippen molar-refractivity contribution in [1.82, 2.24) is 0 Å². The average Bonchev–Trinajstić information content (AvgIpc) is 2.48. The molecule has 1 aromatic carbocycles. The van der Waals surface area contributed by atoms with Crippen molar-refractivity contribution in [3.8, 4) is 5.75 Å². The molecule has 114 valence electrons. The molecule has 0 aliphatic heterocycles. The Kier molecular flexibility index (Phi) is 7.13. The highest BCUT2D eigenvalue weighted by Crippen LogP contribution is 2.66. The fraction of sp³-hybridized carbons (Fsp3) is 0. The second-order valence-corrected chi connectivity index (χ2v) is 16.9. The second kappa shape index (κ2) is 7.68. The topological polar surface area (TPSA) is 170 Å². The van der Waals surface area contributed by atoms with Crippen molar-refractivity contribution >= 4 is 68.5 Å². The molecular weight excluding hydrogens is 380 g/mol. The van der Waals surface area contributed by atoms with Crippen LogP contribution in [-0.4, -0.2) is 5.11 Å². The number of anilines is 1. The van der Waals surface area contributed by atoms with E-state index in [2.05, 4.69) is 5.09 Å². The average molecular weight is 393 g/mol. The number of phenols is 1. The molecular formula is C6H13N5O3P2S4. The normalized spacial score (nSPS) is 12.4. The van der Waals surface area contributed by atoms with Gasteiger partial charge in [0.2, 0.25) is 0 Å². The van der Waals surface area contributed by atoms with E-state index in [9.17, 15) is 14.2 Å². The van der Waals surface area contributed by atoms with Crippen molar-refractivity contribution < 1.29 is 14.2 Å². The molecule has 0 saturated carbocycles. The maximum Gasteiger partial charge on any atom is 0.306 e. The zero-order valence-electron chi connectivity index (χ0n) is 9.83. The van der Waals surface area contributed by atoms with Gasteiger partial charge in [-0.3, -0.25) is 29.7 Å². The number of benzene rings is 1. The molecule has 0 heterocycles. The highest BCUT2D eigenvalue weighted by Gasteiger charge is 2.29. The van der Waals surface area contributed by atoms with Gasteiger partial charge >= 0.3 is 5.70 Å². The molecule has 14 heteroatoms. The maximum absolute atomic E-state index is 12.4. The molecule has 0 unspecified atom stereocenters. The Morgan fingerprint density at radius 1 is 1.00 bits per heavy atom. The molecule has 0 aliphatic rings. The van der Waals surface area contributed by atoms with Gasteiger partial charge < -0.3 is 10.2 Å². The first-order valence-corrected chi connectivity index (χ1v) is 14.0. The number of hydrogen-bond acceptors (Lipinski definition) is 11. The minimum atomic E-state index is -3.25. The Morgan fingerprint density at radius 3 is 2.00 bits per heavy atom. The summed E-state index contributed by atoms with van der Waals surface area (Å²) in [5.74, 6) is -0.217. The summed E-state index contributed by atoms with van der Waals surface area (Å²) in [5.41, 5.74) is -6.03. The summed E-state index contributed by atoms with van der Waals surface area (Å²) in [5, 5.41) is 33.8. The third-order valence-corrected chi connectivity index (χ3v) is 12.8. The van der Waals surface area contributed by atoms with Crippen molar-refractivity contribution in [3.63, 3.8) is 0 Å². The lowest BCUT2D eigenvalue weighted by Gasteiger charge is -2.18. The lowest BCUT2D eigenvalue weighted by atomic mass is 10.3. The first-order chi connectivity index (χ1) is 9.34. The molecule has 0 aromatic heterocycles. The summed E-state index contributed by atoms with van der Waals surface area (Å²) in [6.45, 7) is 0. The van der Waals surface area contributed by atoms with Crippen LogP contribution >= 0.6 is 57.5 Å². The second-order valence-electron chi connectivity index (χ2n) is 3.23. The van der Waals surface area contributed by atoms with Crippen LogP contribution in [0.15, 0.2) is 18.2 Å². The summed E-state index contributed by atoms with van der Waals surface area (Å²) in [6.07, 6.45) is 0. The predicted molar refractivity (Wildman–Crippen MR) is 93.7 cm³/mol. The molecule has 1 rings (SSSR count). The first kappa shape index (κ1) is 18.6. The Balaban J connectivity index is 3.22. The van der Waals surface area contributed by atoms with E-state index in [1.165, 1.54) is 18.2 Å². The quantitative estimate of drug-likeness (QED) is 0.227. The summed E-state index contributed by atoms with van der Waals surface area (Å²) in [6, 6.07) is 4.10. The van der Waals surface area contributed by atoms with Gasteiger partial charge in [0.15, 0.2) is 0 Å². The fourth-order valence-electron chi connectivity index (χ4n) is 1.19. The van der Waals surface area contributed by atoms with Gasteiger partial charge in [-0.2, -0.15) is 0 Å². The summed E-state index contributed by atoms with van der Waals surface area (Å²) in [7, 11) is 0. The third-order valence-electron chi connectivity index (χ3n) is 2.09. The van der Waals surface area contributed by atoms with E-state index in [-0.39, 0.29) is 11.1 Å². The number of nitrogens with two attached hydrogens (primary N) is 4. The molecule has 0 bridgehead atoms. The monoisotopic (exact) mass is 393 g/mol. The summed E-state index contributed by atoms with van der Waals surface area (Å²) >= 11 is 2.28. The van der Waals surface area contributed by atoms with Gasteiger partial charge in [-0.25, -0.2) is 0 Å². The first-order valence-electron chi connectivity index (χ1n) is 4.70. The molecule has 10 N–H and O–H groups in total. The van der Waals surface area contributed by atoms with E-state index in [4.69, 9.17) is 20.6 Å². The van der Waals surface area contributed by atoms with Crippen LogP contribution in [0.5, 0.6) is 5.75 Å². The summed E-state index contributed by atoms with van der Waals surface area (Å²) < 4.78 is 24.5. The number of aromatic hydroxyl groups is 1. The molecule has 0 amide bonds. The number of nitrogens with one attached hydrogen (secondary N) is 1. The van der Waals surface area contributed by atoms with E-state index in [0.717, 1.165) is 0 Å². The molecule has 0 spiro atoms. The summed E-state index contributed by atoms with van der Waals surface area (Å²) in [4.78, 5) is 0. The Hall–Kier alpha value is 0.520. The largest absolute Gasteiger partial charge is 0.507 e. The molecule has 0 radical (unpaired) electrons. The van der Waals surface area contributed by atoms with Crippen molar-refractivity contribution in [3.05, 3.63) is 18.2 Å². The molecule has 0 aliphatic carbocycles. The highest BCUT2D eigenvalue weighted by atomic mass is 33.1. The van der Waals surface area contributed by atoms with E-state index < -0.39 is 11.2 Å². The van der Waals surface area contributed by atoms with E-state index >= 15 is 0 Å². The van der Waals surface area contributed by atoms with E-state index in [1.54, 1.807) is 0 Å². The number of phenolic OH excluding ortho intramolecular Hbond substituents is 1. The molecule has 20 heavy (non-hydrogen) atoms. The minimum absolute atomic E-state index is 0.0677. The lowest BCUT2D eigenvalue weighted by Crippen LogP contribution is -2.06. The van der Waals surface area contributed by atoms with Gasteiger partial charge in [0.05, 0.1) is 5.30 Å². The SMILES string of the molecule is NSP(=O)(Nc1ccc(O)c(P(=O)(SN)SN)c1)SN.